The van der Waals surface area contributed by atoms with E-state index >= 15 is 0 Å². The van der Waals surface area contributed by atoms with Gasteiger partial charge in [0.1, 0.15) is 18.8 Å². The minimum atomic E-state index is -0.464. The van der Waals surface area contributed by atoms with Gasteiger partial charge in [-0.3, -0.25) is 9.48 Å². The van der Waals surface area contributed by atoms with Gasteiger partial charge >= 0.3 is 0 Å². The lowest BCUT2D eigenvalue weighted by atomic mass is 10.2. The van der Waals surface area contributed by atoms with E-state index in [1.165, 1.54) is 4.68 Å². The molecule has 0 saturated heterocycles. The normalized spacial score (nSPS) is 9.41. The van der Waals surface area contributed by atoms with Crippen LogP contribution in [0.25, 0.3) is 0 Å². The van der Waals surface area contributed by atoms with E-state index in [1.807, 2.05) is 12.1 Å². The van der Waals surface area contributed by atoms with Crippen molar-refractivity contribution in [2.24, 2.45) is 7.05 Å². The fourth-order valence-electron chi connectivity index (χ4n) is 1.45. The SMILES string of the molecule is Cc1nn(C)c(C(=O)N(CC#N)CC#N)c1N. The van der Waals surface area contributed by atoms with E-state index in [4.69, 9.17) is 16.3 Å². The summed E-state index contributed by atoms with van der Waals surface area (Å²) in [5, 5.41) is 21.2. The molecule has 0 fully saturated rings. The first-order valence-corrected chi connectivity index (χ1v) is 4.85. The molecule has 0 aromatic carbocycles. The Bertz CT molecular complexity index is 502. The molecule has 0 aliphatic rings. The fourth-order valence-corrected chi connectivity index (χ4v) is 1.45. The monoisotopic (exact) mass is 232 g/mol. The Morgan fingerprint density at radius 2 is 2.00 bits per heavy atom. The van der Waals surface area contributed by atoms with E-state index < -0.39 is 5.91 Å². The number of aromatic nitrogens is 2. The maximum Gasteiger partial charge on any atom is 0.275 e. The summed E-state index contributed by atoms with van der Waals surface area (Å²) in [7, 11) is 1.59. The molecule has 7 nitrogen and oxygen atoms in total. The summed E-state index contributed by atoms with van der Waals surface area (Å²) in [6.07, 6.45) is 0. The van der Waals surface area contributed by atoms with Gasteiger partial charge in [-0.2, -0.15) is 15.6 Å². The highest BCUT2D eigenvalue weighted by molar-refractivity contribution is 5.98. The molecule has 1 amide bonds. The molecule has 0 saturated carbocycles. The summed E-state index contributed by atoms with van der Waals surface area (Å²) in [4.78, 5) is 13.2. The van der Waals surface area contributed by atoms with Crippen LogP contribution in [0.4, 0.5) is 5.69 Å². The maximum absolute atomic E-state index is 12.1. The molecule has 1 aromatic rings. The number of amides is 1. The second-order valence-corrected chi connectivity index (χ2v) is 3.45. The van der Waals surface area contributed by atoms with Crippen molar-refractivity contribution in [3.8, 4) is 12.1 Å². The number of hydrogen-bond donors (Lipinski definition) is 1. The summed E-state index contributed by atoms with van der Waals surface area (Å²) in [5.41, 5.74) is 6.76. The van der Waals surface area contributed by atoms with Gasteiger partial charge in [0.05, 0.1) is 23.5 Å². The average molecular weight is 232 g/mol. The molecule has 0 unspecified atom stereocenters. The molecule has 1 aromatic heterocycles. The summed E-state index contributed by atoms with van der Waals surface area (Å²) in [6.45, 7) is 1.37. The molecule has 0 aliphatic heterocycles. The Morgan fingerprint density at radius 1 is 1.47 bits per heavy atom. The number of aryl methyl sites for hydroxylation is 2. The Labute approximate surface area is 98.6 Å². The number of nitrogens with two attached hydrogens (primary N) is 1. The van der Waals surface area contributed by atoms with E-state index in [9.17, 15) is 4.79 Å². The molecule has 1 heterocycles. The van der Waals surface area contributed by atoms with E-state index in [-0.39, 0.29) is 24.5 Å². The minimum absolute atomic E-state index is 0.157. The van der Waals surface area contributed by atoms with Crippen molar-refractivity contribution in [3.63, 3.8) is 0 Å². The molecule has 0 spiro atoms. The number of rotatable bonds is 3. The molecule has 0 aliphatic carbocycles. The lowest BCUT2D eigenvalue weighted by molar-refractivity contribution is 0.0785. The zero-order chi connectivity index (χ0) is 13.0. The van der Waals surface area contributed by atoms with Crippen LogP contribution in [0.3, 0.4) is 0 Å². The lowest BCUT2D eigenvalue weighted by Crippen LogP contribution is -2.33. The third kappa shape index (κ3) is 2.34. The summed E-state index contributed by atoms with van der Waals surface area (Å²) >= 11 is 0. The minimum Gasteiger partial charge on any atom is -0.395 e. The van der Waals surface area contributed by atoms with Crippen LogP contribution in [0.1, 0.15) is 16.2 Å². The molecule has 2 N–H and O–H groups in total. The topological polar surface area (TPSA) is 112 Å². The quantitative estimate of drug-likeness (QED) is 0.725. The Kier molecular flexibility index (Phi) is 3.68. The second kappa shape index (κ2) is 4.99. The zero-order valence-corrected chi connectivity index (χ0v) is 9.64. The van der Waals surface area contributed by atoms with Gasteiger partial charge in [0.15, 0.2) is 0 Å². The Balaban J connectivity index is 3.11. The van der Waals surface area contributed by atoms with Crippen molar-refractivity contribution in [1.29, 1.82) is 10.5 Å². The van der Waals surface area contributed by atoms with Crippen LogP contribution in [-0.4, -0.2) is 33.7 Å². The van der Waals surface area contributed by atoms with Crippen molar-refractivity contribution in [1.82, 2.24) is 14.7 Å². The number of nitrogen functional groups attached to an aromatic ring is 1. The van der Waals surface area contributed by atoms with Crippen LogP contribution < -0.4 is 5.73 Å². The lowest BCUT2D eigenvalue weighted by Gasteiger charge is -2.15. The van der Waals surface area contributed by atoms with Gasteiger partial charge in [-0.05, 0) is 6.92 Å². The third-order valence-corrected chi connectivity index (χ3v) is 2.28. The summed E-state index contributed by atoms with van der Waals surface area (Å²) < 4.78 is 1.36. The van der Waals surface area contributed by atoms with Crippen molar-refractivity contribution < 1.29 is 4.79 Å². The summed E-state index contributed by atoms with van der Waals surface area (Å²) in [5.74, 6) is -0.464. The number of carbonyl (C=O) groups is 1. The molecule has 0 atom stereocenters. The van der Waals surface area contributed by atoms with Crippen LogP contribution in [-0.2, 0) is 7.05 Å². The van der Waals surface area contributed by atoms with E-state index in [1.54, 1.807) is 14.0 Å². The van der Waals surface area contributed by atoms with E-state index in [2.05, 4.69) is 5.10 Å². The maximum atomic E-state index is 12.1. The number of anilines is 1. The van der Waals surface area contributed by atoms with Gasteiger partial charge in [0.2, 0.25) is 0 Å². The highest BCUT2D eigenvalue weighted by Gasteiger charge is 2.23. The first kappa shape index (κ1) is 12.5. The highest BCUT2D eigenvalue weighted by atomic mass is 16.2. The molecule has 0 radical (unpaired) electrons. The predicted molar refractivity (Wildman–Crippen MR) is 59.5 cm³/mol. The van der Waals surface area contributed by atoms with Gasteiger partial charge in [0.25, 0.3) is 5.91 Å². The van der Waals surface area contributed by atoms with Crippen molar-refractivity contribution >= 4 is 11.6 Å². The number of hydrogen-bond acceptors (Lipinski definition) is 5. The smallest absolute Gasteiger partial charge is 0.275 e. The standard InChI is InChI=1S/C10H12N6O/c1-7-8(13)9(15(2)14-7)10(17)16(5-3-11)6-4-12/h5-6,13H2,1-2H3. The molecule has 17 heavy (non-hydrogen) atoms. The second-order valence-electron chi connectivity index (χ2n) is 3.45. The van der Waals surface area contributed by atoms with Crippen LogP contribution >= 0.6 is 0 Å². The number of carbonyl (C=O) groups excluding carboxylic acids is 1. The van der Waals surface area contributed by atoms with Crippen molar-refractivity contribution in [3.05, 3.63) is 11.4 Å². The van der Waals surface area contributed by atoms with Crippen LogP contribution in [0.15, 0.2) is 0 Å². The number of nitrogens with zero attached hydrogens (tertiary/aromatic N) is 5. The third-order valence-electron chi connectivity index (χ3n) is 2.28. The van der Waals surface area contributed by atoms with Crippen LogP contribution in [0.5, 0.6) is 0 Å². The molecule has 7 heteroatoms. The van der Waals surface area contributed by atoms with Gasteiger partial charge < -0.3 is 10.6 Å². The van der Waals surface area contributed by atoms with E-state index in [0.717, 1.165) is 4.90 Å². The average Bonchev–Trinajstić information content (AvgIpc) is 2.52. The zero-order valence-electron chi connectivity index (χ0n) is 9.64. The first-order chi connectivity index (χ1) is 8.02. The molecule has 0 bridgehead atoms. The fraction of sp³-hybridized carbons (Fsp3) is 0.400. The number of nitriles is 2. The predicted octanol–water partition coefficient (Wildman–Crippen LogP) is -0.200. The molecular weight excluding hydrogens is 220 g/mol. The largest absolute Gasteiger partial charge is 0.395 e. The summed E-state index contributed by atoms with van der Waals surface area (Å²) in [6, 6.07) is 3.66. The van der Waals surface area contributed by atoms with Gasteiger partial charge in [-0.15, -0.1) is 0 Å². The van der Waals surface area contributed by atoms with Gasteiger partial charge in [-0.25, -0.2) is 0 Å². The van der Waals surface area contributed by atoms with Crippen molar-refractivity contribution in [2.75, 3.05) is 18.8 Å². The van der Waals surface area contributed by atoms with Crippen LogP contribution in [0, 0.1) is 29.6 Å². The molecule has 88 valence electrons. The highest BCUT2D eigenvalue weighted by Crippen LogP contribution is 2.17. The van der Waals surface area contributed by atoms with Crippen molar-refractivity contribution in [2.45, 2.75) is 6.92 Å². The van der Waals surface area contributed by atoms with Crippen LogP contribution in [0.2, 0.25) is 0 Å². The van der Waals surface area contributed by atoms with E-state index in [0.29, 0.717) is 5.69 Å². The van der Waals surface area contributed by atoms with Gasteiger partial charge in [0, 0.05) is 7.05 Å². The van der Waals surface area contributed by atoms with Gasteiger partial charge in [-0.1, -0.05) is 0 Å². The molecular formula is C10H12N6O. The first-order valence-electron chi connectivity index (χ1n) is 4.85. The Morgan fingerprint density at radius 3 is 2.35 bits per heavy atom. The molecule has 1 rings (SSSR count). The Hall–Kier alpha value is -2.54.